The van der Waals surface area contributed by atoms with Crippen LogP contribution < -0.4 is 32.4 Å². The molecule has 0 aliphatic carbocycles. The number of esters is 1. The number of aliphatic hydroxyl groups is 2. The first-order valence-electron chi connectivity index (χ1n) is 27.4. The Kier molecular flexibility index (Phi) is 18.7. The Morgan fingerprint density at radius 1 is 0.598 bits per heavy atom. The van der Waals surface area contributed by atoms with Crippen molar-refractivity contribution in [3.8, 4) is 22.8 Å². The number of benzene rings is 2. The number of para-hydroxylation sites is 2. The average Bonchev–Trinajstić information content (AvgIpc) is 2.44. The van der Waals surface area contributed by atoms with E-state index in [1.165, 1.54) is 4.57 Å². The molecule has 6 N–H and O–H groups in total. The van der Waals surface area contributed by atoms with Crippen molar-refractivity contribution in [3.63, 3.8) is 0 Å². The molecule has 4 aromatic heterocycles. The minimum absolute atomic E-state index is 0.0186. The van der Waals surface area contributed by atoms with E-state index in [1.54, 1.807) is 58.2 Å². The highest BCUT2D eigenvalue weighted by molar-refractivity contribution is 5.90. The van der Waals surface area contributed by atoms with E-state index < -0.39 is 65.1 Å². The Balaban J connectivity index is 0.733. The SMILES string of the molecule is CC[C@@](O)(C(=O)NC(C)C)c1cc2n(c(=O)c1CCC(=O)OCCCNC(=O)OCCOC(=O)NCCCOC(=O)OCc1c([C@@](O)(CC)C(=O)NC(C)C)cc3n(c1=O)Cc1cc4ccccc4nc1-3)Cc1cc3ccccc3nc1-2. The van der Waals surface area contributed by atoms with Gasteiger partial charge in [0.25, 0.3) is 22.9 Å². The van der Waals surface area contributed by atoms with Crippen LogP contribution in [0.1, 0.15) is 107 Å². The molecule has 6 heterocycles. The number of fused-ring (bicyclic) bond motifs is 8. The van der Waals surface area contributed by atoms with E-state index in [1.807, 2.05) is 60.7 Å². The van der Waals surface area contributed by atoms with Crippen LogP contribution in [-0.2, 0) is 75.4 Å². The Hall–Kier alpha value is -8.70. The highest BCUT2D eigenvalue weighted by Crippen LogP contribution is 2.39. The minimum atomic E-state index is -2.17. The van der Waals surface area contributed by atoms with E-state index in [0.717, 1.165) is 27.4 Å². The van der Waals surface area contributed by atoms with E-state index in [4.69, 9.17) is 33.7 Å². The number of pyridine rings is 4. The normalized spacial score (nSPS) is 13.5. The standard InChI is InChI=1S/C59H68N8O15/c1-7-58(76,53(71)62-34(3)4)42-29-46-49-38(27-36-15-9-11-17-44(36)64-49)31-66(46)51(69)40(42)19-20-48(68)78-23-13-21-60-55(73)79-25-26-80-56(74)61-22-14-24-81-57(75)82-33-41-43(59(77,8-2)54(72)63-35(5)6)30-47-50-39(32-67(47)52(41)70)28-37-16-10-12-18-45(37)65-50/h9-12,15-18,27-30,34-35,76-77H,7-8,13-14,19-26,31-33H2,1-6H3,(H,60,73)(H,61,74)(H,62,71)(H,63,72)/t58-,59-/m0/s1. The van der Waals surface area contributed by atoms with Crippen molar-refractivity contribution < 1.29 is 62.7 Å². The van der Waals surface area contributed by atoms with Gasteiger partial charge in [0, 0.05) is 70.2 Å². The maximum Gasteiger partial charge on any atom is 0.508 e. The molecule has 434 valence electrons. The van der Waals surface area contributed by atoms with Crippen molar-refractivity contribution in [3.05, 3.63) is 127 Å². The third kappa shape index (κ3) is 13.1. The van der Waals surface area contributed by atoms with Crippen LogP contribution in [0.3, 0.4) is 0 Å². The smallest absolute Gasteiger partial charge is 0.466 e. The summed E-state index contributed by atoms with van der Waals surface area (Å²) in [7, 11) is 0. The van der Waals surface area contributed by atoms with Crippen LogP contribution in [0.2, 0.25) is 0 Å². The zero-order valence-electron chi connectivity index (χ0n) is 46.7. The van der Waals surface area contributed by atoms with Crippen LogP contribution >= 0.6 is 0 Å². The Morgan fingerprint density at radius 3 is 1.52 bits per heavy atom. The quantitative estimate of drug-likeness (QED) is 0.0248. The number of hydrogen-bond donors (Lipinski definition) is 6. The summed E-state index contributed by atoms with van der Waals surface area (Å²) < 4.78 is 29.0. The second-order valence-electron chi connectivity index (χ2n) is 20.6. The summed E-state index contributed by atoms with van der Waals surface area (Å²) in [6, 6.07) is 21.5. The van der Waals surface area contributed by atoms with E-state index in [0.29, 0.717) is 28.3 Å². The molecule has 0 spiro atoms. The van der Waals surface area contributed by atoms with E-state index >= 15 is 0 Å². The molecule has 23 nitrogen and oxygen atoms in total. The molecule has 0 bridgehead atoms. The van der Waals surface area contributed by atoms with Crippen molar-refractivity contribution in [1.82, 2.24) is 40.4 Å². The van der Waals surface area contributed by atoms with Crippen LogP contribution in [0.15, 0.2) is 82.4 Å². The van der Waals surface area contributed by atoms with Crippen LogP contribution in [0.4, 0.5) is 14.4 Å². The Labute approximate surface area is 471 Å². The topological polar surface area (TPSA) is 307 Å². The lowest BCUT2D eigenvalue weighted by molar-refractivity contribution is -0.143. The van der Waals surface area contributed by atoms with Gasteiger partial charge in [-0.25, -0.2) is 24.4 Å². The number of carbonyl (C=O) groups is 6. The van der Waals surface area contributed by atoms with Crippen LogP contribution in [-0.4, -0.2) is 117 Å². The second kappa shape index (κ2) is 25.8. The summed E-state index contributed by atoms with van der Waals surface area (Å²) >= 11 is 0. The third-order valence-corrected chi connectivity index (χ3v) is 14.2. The molecule has 0 unspecified atom stereocenters. The number of nitrogens with one attached hydrogen (secondary N) is 4. The van der Waals surface area contributed by atoms with Crippen molar-refractivity contribution in [2.75, 3.05) is 39.5 Å². The largest absolute Gasteiger partial charge is 0.508 e. The lowest BCUT2D eigenvalue weighted by Gasteiger charge is -2.29. The molecule has 4 amide bonds. The molecular formula is C59H68N8O15. The van der Waals surface area contributed by atoms with Crippen LogP contribution in [0, 0.1) is 0 Å². The molecule has 2 aromatic carbocycles. The molecular weight excluding hydrogens is 1060 g/mol. The van der Waals surface area contributed by atoms with Crippen molar-refractivity contribution in [1.29, 1.82) is 0 Å². The van der Waals surface area contributed by atoms with Gasteiger partial charge in [-0.3, -0.25) is 24.0 Å². The summed E-state index contributed by atoms with van der Waals surface area (Å²) in [5.41, 5.74) is -0.254. The summed E-state index contributed by atoms with van der Waals surface area (Å²) in [6.07, 6.45) is -2.96. The first-order valence-corrected chi connectivity index (χ1v) is 27.4. The van der Waals surface area contributed by atoms with Crippen LogP contribution in [0.25, 0.3) is 44.6 Å². The number of amides is 4. The van der Waals surface area contributed by atoms with Crippen molar-refractivity contribution in [2.45, 2.75) is 123 Å². The first-order chi connectivity index (χ1) is 39.3. The number of rotatable bonds is 24. The average molecular weight is 1130 g/mol. The maximum atomic E-state index is 14.2. The fourth-order valence-electron chi connectivity index (χ4n) is 9.97. The fraction of sp³-hybridized carbons (Fsp3) is 0.424. The molecule has 0 saturated carbocycles. The fourth-order valence-corrected chi connectivity index (χ4v) is 9.97. The molecule has 0 radical (unpaired) electrons. The van der Waals surface area contributed by atoms with E-state index in [2.05, 4.69) is 21.3 Å². The number of nitrogens with zero attached hydrogens (tertiary/aromatic N) is 4. The summed E-state index contributed by atoms with van der Waals surface area (Å²) in [5, 5.41) is 36.1. The molecule has 2 aliphatic heterocycles. The van der Waals surface area contributed by atoms with Crippen LogP contribution in [0.5, 0.6) is 0 Å². The highest BCUT2D eigenvalue weighted by Gasteiger charge is 2.43. The zero-order valence-corrected chi connectivity index (χ0v) is 46.7. The molecule has 2 atom stereocenters. The van der Waals surface area contributed by atoms with Gasteiger partial charge in [0.2, 0.25) is 0 Å². The second-order valence-corrected chi connectivity index (χ2v) is 20.6. The Bertz CT molecular complexity index is 3330. The van der Waals surface area contributed by atoms with Crippen molar-refractivity contribution >= 4 is 57.9 Å². The third-order valence-electron chi connectivity index (χ3n) is 14.2. The number of hydrogen-bond acceptors (Lipinski definition) is 17. The molecule has 0 fully saturated rings. The van der Waals surface area contributed by atoms with Gasteiger partial charge >= 0.3 is 24.3 Å². The lowest BCUT2D eigenvalue weighted by Crippen LogP contribution is -2.48. The molecule has 2 aliphatic rings. The predicted octanol–water partition coefficient (Wildman–Crippen LogP) is 5.47. The van der Waals surface area contributed by atoms with Gasteiger partial charge in [-0.15, -0.1) is 0 Å². The van der Waals surface area contributed by atoms with E-state index in [9.17, 15) is 48.6 Å². The molecule has 8 rings (SSSR count). The number of ether oxygens (including phenoxy) is 5. The molecule has 0 saturated heterocycles. The maximum absolute atomic E-state index is 14.2. The highest BCUT2D eigenvalue weighted by atomic mass is 16.7. The molecule has 6 aromatic rings. The van der Waals surface area contributed by atoms with Gasteiger partial charge in [-0.05, 0) is 96.2 Å². The predicted molar refractivity (Wildman–Crippen MR) is 299 cm³/mol. The van der Waals surface area contributed by atoms with Gasteiger partial charge in [0.15, 0.2) is 11.2 Å². The number of carbonyl (C=O) groups excluding carboxylic acids is 6. The van der Waals surface area contributed by atoms with Gasteiger partial charge < -0.3 is 64.3 Å². The molecule has 82 heavy (non-hydrogen) atoms. The first kappa shape index (κ1) is 59.4. The van der Waals surface area contributed by atoms with E-state index in [-0.39, 0.29) is 125 Å². The number of aromatic nitrogens is 4. The lowest BCUT2D eigenvalue weighted by atomic mass is 9.85. The van der Waals surface area contributed by atoms with Gasteiger partial charge in [0.05, 0.1) is 65.7 Å². The van der Waals surface area contributed by atoms with Crippen molar-refractivity contribution in [2.24, 2.45) is 0 Å². The minimum Gasteiger partial charge on any atom is -0.466 e. The summed E-state index contributed by atoms with van der Waals surface area (Å²) in [5.74, 6) is -2.04. The summed E-state index contributed by atoms with van der Waals surface area (Å²) in [6.45, 7) is 9.24. The van der Waals surface area contributed by atoms with Gasteiger partial charge in [-0.1, -0.05) is 50.2 Å². The molecule has 23 heteroatoms. The summed E-state index contributed by atoms with van der Waals surface area (Å²) in [4.78, 5) is 115. The van der Waals surface area contributed by atoms with Gasteiger partial charge in [-0.2, -0.15) is 0 Å². The number of alkyl carbamates (subject to hydrolysis) is 2. The Morgan fingerprint density at radius 2 is 1.05 bits per heavy atom. The van der Waals surface area contributed by atoms with Gasteiger partial charge in [0.1, 0.15) is 19.8 Å². The monoisotopic (exact) mass is 1130 g/mol. The zero-order chi connectivity index (χ0) is 58.9.